The normalized spacial score (nSPS) is 17.0. The molecule has 1 aromatic rings. The Morgan fingerprint density at radius 1 is 1.27 bits per heavy atom. The summed E-state index contributed by atoms with van der Waals surface area (Å²) in [6.07, 6.45) is 2.40. The smallest absolute Gasteiger partial charge is 0.309 e. The molecule has 0 aliphatic carbocycles. The number of carbonyl (C=O) groups excluding carboxylic acids is 2. The lowest BCUT2D eigenvalue weighted by Crippen LogP contribution is -2.46. The Kier molecular flexibility index (Phi) is 6.42. The van der Waals surface area contributed by atoms with Gasteiger partial charge in [0.2, 0.25) is 0 Å². The molecule has 2 rings (SSSR count). The predicted molar refractivity (Wildman–Crippen MR) is 80.2 cm³/mol. The summed E-state index contributed by atoms with van der Waals surface area (Å²) in [5, 5.41) is 5.25. The highest BCUT2D eigenvalue weighted by molar-refractivity contribution is 6.35. The molecule has 1 aliphatic heterocycles. The van der Waals surface area contributed by atoms with Gasteiger partial charge < -0.3 is 19.8 Å². The average molecular weight is 309 g/mol. The molecule has 0 aromatic carbocycles. The Morgan fingerprint density at radius 2 is 2.00 bits per heavy atom. The second-order valence-electron chi connectivity index (χ2n) is 5.15. The summed E-state index contributed by atoms with van der Waals surface area (Å²) in [5.41, 5.74) is 0. The van der Waals surface area contributed by atoms with Crippen molar-refractivity contribution in [1.29, 1.82) is 0 Å². The van der Waals surface area contributed by atoms with E-state index in [1.165, 1.54) is 0 Å². The van der Waals surface area contributed by atoms with Crippen LogP contribution < -0.4 is 10.6 Å². The maximum atomic E-state index is 11.8. The van der Waals surface area contributed by atoms with Crippen molar-refractivity contribution in [2.75, 3.05) is 39.4 Å². The molecule has 0 bridgehead atoms. The second kappa shape index (κ2) is 8.55. The van der Waals surface area contributed by atoms with Gasteiger partial charge in [0, 0.05) is 26.2 Å². The van der Waals surface area contributed by atoms with Gasteiger partial charge in [-0.05, 0) is 18.6 Å². The Hall–Kier alpha value is -1.86. The van der Waals surface area contributed by atoms with Crippen LogP contribution in [-0.2, 0) is 14.3 Å². The first-order chi connectivity index (χ1) is 10.7. The van der Waals surface area contributed by atoms with E-state index in [9.17, 15) is 9.59 Å². The van der Waals surface area contributed by atoms with E-state index in [-0.39, 0.29) is 6.04 Å². The maximum absolute atomic E-state index is 11.8. The van der Waals surface area contributed by atoms with E-state index in [1.54, 1.807) is 6.26 Å². The SMILES string of the molecule is CCCNC(=O)C(=O)NCC(c1ccco1)N1CCOCC1. The molecule has 22 heavy (non-hydrogen) atoms. The fourth-order valence-electron chi connectivity index (χ4n) is 2.37. The van der Waals surface area contributed by atoms with Crippen LogP contribution >= 0.6 is 0 Å². The topological polar surface area (TPSA) is 83.8 Å². The first-order valence-electron chi connectivity index (χ1n) is 7.63. The summed E-state index contributed by atoms with van der Waals surface area (Å²) in [7, 11) is 0. The van der Waals surface area contributed by atoms with Gasteiger partial charge in [0.05, 0.1) is 25.5 Å². The number of morpholine rings is 1. The van der Waals surface area contributed by atoms with E-state index >= 15 is 0 Å². The summed E-state index contributed by atoms with van der Waals surface area (Å²) >= 11 is 0. The Bertz CT molecular complexity index is 469. The third kappa shape index (κ3) is 4.57. The lowest BCUT2D eigenvalue weighted by Gasteiger charge is -2.33. The van der Waals surface area contributed by atoms with Gasteiger partial charge in [-0.15, -0.1) is 0 Å². The zero-order valence-electron chi connectivity index (χ0n) is 12.8. The van der Waals surface area contributed by atoms with Gasteiger partial charge in [-0.2, -0.15) is 0 Å². The summed E-state index contributed by atoms with van der Waals surface area (Å²) in [6, 6.07) is 3.60. The molecule has 2 heterocycles. The molecule has 0 saturated carbocycles. The minimum Gasteiger partial charge on any atom is -0.468 e. The van der Waals surface area contributed by atoms with Crippen LogP contribution in [0.5, 0.6) is 0 Å². The molecule has 1 aromatic heterocycles. The van der Waals surface area contributed by atoms with Crippen LogP contribution in [0.15, 0.2) is 22.8 Å². The molecule has 2 N–H and O–H groups in total. The van der Waals surface area contributed by atoms with Gasteiger partial charge in [0.15, 0.2) is 0 Å². The molecule has 1 fully saturated rings. The standard InChI is InChI=1S/C15H23N3O4/c1-2-5-16-14(19)15(20)17-11-12(13-4-3-8-22-13)18-6-9-21-10-7-18/h3-4,8,12H,2,5-7,9-11H2,1H3,(H,16,19)(H,17,20). The van der Waals surface area contributed by atoms with Crippen molar-refractivity contribution in [2.24, 2.45) is 0 Å². The minimum absolute atomic E-state index is 0.0955. The molecule has 2 amide bonds. The van der Waals surface area contributed by atoms with Gasteiger partial charge >= 0.3 is 11.8 Å². The fourth-order valence-corrected chi connectivity index (χ4v) is 2.37. The van der Waals surface area contributed by atoms with Crippen molar-refractivity contribution in [3.8, 4) is 0 Å². The van der Waals surface area contributed by atoms with Gasteiger partial charge in [0.1, 0.15) is 5.76 Å². The molecular formula is C15H23N3O4. The highest BCUT2D eigenvalue weighted by Crippen LogP contribution is 2.21. The van der Waals surface area contributed by atoms with Crippen molar-refractivity contribution >= 4 is 11.8 Å². The lowest BCUT2D eigenvalue weighted by molar-refractivity contribution is -0.139. The third-order valence-corrected chi connectivity index (χ3v) is 3.56. The van der Waals surface area contributed by atoms with Crippen LogP contribution in [-0.4, -0.2) is 56.1 Å². The van der Waals surface area contributed by atoms with Crippen LogP contribution in [0.4, 0.5) is 0 Å². The Balaban J connectivity index is 1.92. The number of hydrogen-bond donors (Lipinski definition) is 2. The largest absolute Gasteiger partial charge is 0.468 e. The first kappa shape index (κ1) is 16.5. The second-order valence-corrected chi connectivity index (χ2v) is 5.15. The van der Waals surface area contributed by atoms with E-state index in [2.05, 4.69) is 15.5 Å². The van der Waals surface area contributed by atoms with Gasteiger partial charge in [0.25, 0.3) is 0 Å². The van der Waals surface area contributed by atoms with Crippen molar-refractivity contribution in [2.45, 2.75) is 19.4 Å². The summed E-state index contributed by atoms with van der Waals surface area (Å²) in [5.74, 6) is -0.434. The number of rotatable bonds is 6. The molecular weight excluding hydrogens is 286 g/mol. The molecule has 122 valence electrons. The molecule has 1 atom stereocenters. The molecule has 0 spiro atoms. The number of carbonyl (C=O) groups is 2. The number of nitrogens with zero attached hydrogens (tertiary/aromatic N) is 1. The molecule has 7 heteroatoms. The molecule has 7 nitrogen and oxygen atoms in total. The molecule has 1 aliphatic rings. The third-order valence-electron chi connectivity index (χ3n) is 3.56. The van der Waals surface area contributed by atoms with Crippen LogP contribution in [0.25, 0.3) is 0 Å². The number of furan rings is 1. The van der Waals surface area contributed by atoms with E-state index < -0.39 is 11.8 Å². The minimum atomic E-state index is -0.613. The highest BCUT2D eigenvalue weighted by Gasteiger charge is 2.26. The number of amides is 2. The lowest BCUT2D eigenvalue weighted by atomic mass is 10.1. The van der Waals surface area contributed by atoms with Crippen LogP contribution in [0.1, 0.15) is 25.1 Å². The fraction of sp³-hybridized carbons (Fsp3) is 0.600. The Morgan fingerprint density at radius 3 is 2.64 bits per heavy atom. The highest BCUT2D eigenvalue weighted by atomic mass is 16.5. The van der Waals surface area contributed by atoms with E-state index in [4.69, 9.17) is 9.15 Å². The Labute approximate surface area is 130 Å². The zero-order valence-corrected chi connectivity index (χ0v) is 12.8. The van der Waals surface area contributed by atoms with Crippen molar-refractivity contribution in [3.05, 3.63) is 24.2 Å². The number of nitrogens with one attached hydrogen (secondary N) is 2. The molecule has 1 unspecified atom stereocenters. The van der Waals surface area contributed by atoms with E-state index in [1.807, 2.05) is 19.1 Å². The number of hydrogen-bond acceptors (Lipinski definition) is 5. The van der Waals surface area contributed by atoms with Gasteiger partial charge in [-0.1, -0.05) is 6.92 Å². The average Bonchev–Trinajstić information content (AvgIpc) is 3.08. The maximum Gasteiger partial charge on any atom is 0.309 e. The predicted octanol–water partition coefficient (Wildman–Crippen LogP) is 0.295. The summed E-state index contributed by atoms with van der Waals surface area (Å²) < 4.78 is 10.8. The first-order valence-corrected chi connectivity index (χ1v) is 7.63. The van der Waals surface area contributed by atoms with Crippen molar-refractivity contribution in [1.82, 2.24) is 15.5 Å². The van der Waals surface area contributed by atoms with Crippen LogP contribution in [0, 0.1) is 0 Å². The molecule has 0 radical (unpaired) electrons. The van der Waals surface area contributed by atoms with Gasteiger partial charge in [-0.3, -0.25) is 14.5 Å². The zero-order chi connectivity index (χ0) is 15.8. The van der Waals surface area contributed by atoms with Gasteiger partial charge in [-0.25, -0.2) is 0 Å². The van der Waals surface area contributed by atoms with Crippen LogP contribution in [0.3, 0.4) is 0 Å². The number of ether oxygens (including phenoxy) is 1. The van der Waals surface area contributed by atoms with Crippen molar-refractivity contribution < 1.29 is 18.7 Å². The molecule has 1 saturated heterocycles. The van der Waals surface area contributed by atoms with E-state index in [0.717, 1.165) is 25.3 Å². The van der Waals surface area contributed by atoms with E-state index in [0.29, 0.717) is 26.3 Å². The quantitative estimate of drug-likeness (QED) is 0.738. The summed E-state index contributed by atoms with van der Waals surface area (Å²) in [6.45, 7) is 5.60. The summed E-state index contributed by atoms with van der Waals surface area (Å²) in [4.78, 5) is 25.6. The monoisotopic (exact) mass is 309 g/mol. The van der Waals surface area contributed by atoms with Crippen LogP contribution in [0.2, 0.25) is 0 Å². The van der Waals surface area contributed by atoms with Crippen molar-refractivity contribution in [3.63, 3.8) is 0 Å².